The summed E-state index contributed by atoms with van der Waals surface area (Å²) in [4.78, 5) is 21.8. The maximum absolute atomic E-state index is 10.9. The Kier molecular flexibility index (Phi) is 7.76. The molecule has 0 aliphatic rings. The third-order valence-corrected chi connectivity index (χ3v) is 3.98. The molecule has 0 spiro atoms. The molecule has 0 heterocycles. The zero-order valence-electron chi connectivity index (χ0n) is 12.6. The van der Waals surface area contributed by atoms with Gasteiger partial charge in [-0.1, -0.05) is 18.2 Å². The predicted molar refractivity (Wildman–Crippen MR) is 85.2 cm³/mol. The van der Waals surface area contributed by atoms with E-state index in [1.165, 1.54) is 18.7 Å². The van der Waals surface area contributed by atoms with E-state index in [4.69, 9.17) is 9.84 Å². The van der Waals surface area contributed by atoms with Crippen molar-refractivity contribution < 1.29 is 24.5 Å². The lowest BCUT2D eigenvalue weighted by Gasteiger charge is -2.16. The maximum atomic E-state index is 10.9. The number of carboxylic acids is 1. The number of hydrogen-bond acceptors (Lipinski definition) is 5. The van der Waals surface area contributed by atoms with Crippen LogP contribution in [0.5, 0.6) is 5.75 Å². The standard InChI is InChI=1S/C15H21NO5S/c1-10-5-3-4-6-14(10)21-7-12(18)8-22-9-13(15(19)20)16-11(2)17/h3-6,12-13,18H,7-9H2,1-2H3,(H,16,17)(H,19,20)/t12?,13-/m0/s1. The van der Waals surface area contributed by atoms with Gasteiger partial charge in [0.15, 0.2) is 0 Å². The summed E-state index contributed by atoms with van der Waals surface area (Å²) in [5, 5.41) is 21.2. The summed E-state index contributed by atoms with van der Waals surface area (Å²) in [6.07, 6.45) is -0.712. The number of carboxylic acid groups (broad SMARTS) is 1. The van der Waals surface area contributed by atoms with Crippen LogP contribution in [0, 0.1) is 6.92 Å². The van der Waals surface area contributed by atoms with Crippen molar-refractivity contribution >= 4 is 23.6 Å². The second-order valence-corrected chi connectivity index (χ2v) is 5.93. The van der Waals surface area contributed by atoms with Crippen LogP contribution in [0.15, 0.2) is 24.3 Å². The Morgan fingerprint density at radius 2 is 2.00 bits per heavy atom. The zero-order valence-corrected chi connectivity index (χ0v) is 13.4. The molecule has 0 bridgehead atoms. The average molecular weight is 327 g/mol. The molecular weight excluding hydrogens is 306 g/mol. The highest BCUT2D eigenvalue weighted by Crippen LogP contribution is 2.16. The molecule has 0 saturated heterocycles. The normalized spacial score (nSPS) is 13.2. The molecule has 122 valence electrons. The quantitative estimate of drug-likeness (QED) is 0.627. The van der Waals surface area contributed by atoms with E-state index in [0.717, 1.165) is 5.56 Å². The van der Waals surface area contributed by atoms with Gasteiger partial charge in [0.25, 0.3) is 0 Å². The molecule has 0 aromatic heterocycles. The smallest absolute Gasteiger partial charge is 0.327 e. The summed E-state index contributed by atoms with van der Waals surface area (Å²) < 4.78 is 5.52. The Bertz CT molecular complexity index is 508. The van der Waals surface area contributed by atoms with Crippen molar-refractivity contribution in [3.05, 3.63) is 29.8 Å². The maximum Gasteiger partial charge on any atom is 0.327 e. The van der Waals surface area contributed by atoms with Crippen LogP contribution >= 0.6 is 11.8 Å². The minimum Gasteiger partial charge on any atom is -0.491 e. The van der Waals surface area contributed by atoms with Crippen LogP contribution in [-0.2, 0) is 9.59 Å². The van der Waals surface area contributed by atoms with E-state index in [2.05, 4.69) is 5.32 Å². The number of aliphatic hydroxyl groups excluding tert-OH is 1. The molecular formula is C15H21NO5S. The van der Waals surface area contributed by atoms with Gasteiger partial charge < -0.3 is 20.3 Å². The van der Waals surface area contributed by atoms with Crippen molar-refractivity contribution in [3.63, 3.8) is 0 Å². The fraction of sp³-hybridized carbons (Fsp3) is 0.467. The van der Waals surface area contributed by atoms with Crippen LogP contribution in [0.25, 0.3) is 0 Å². The molecule has 0 aliphatic carbocycles. The monoisotopic (exact) mass is 327 g/mol. The number of aliphatic hydroxyl groups is 1. The van der Waals surface area contributed by atoms with Crippen molar-refractivity contribution in [2.75, 3.05) is 18.1 Å². The lowest BCUT2D eigenvalue weighted by Crippen LogP contribution is -2.41. The molecule has 0 aliphatic heterocycles. The van der Waals surface area contributed by atoms with Gasteiger partial charge in [0, 0.05) is 18.4 Å². The number of rotatable bonds is 9. The summed E-state index contributed by atoms with van der Waals surface area (Å²) in [5.41, 5.74) is 0.985. The molecule has 7 heteroatoms. The van der Waals surface area contributed by atoms with Gasteiger partial charge in [-0.05, 0) is 18.6 Å². The van der Waals surface area contributed by atoms with Crippen LogP contribution in [0.1, 0.15) is 12.5 Å². The Morgan fingerprint density at radius 1 is 1.32 bits per heavy atom. The first kappa shape index (κ1) is 18.3. The first-order chi connectivity index (χ1) is 10.4. The van der Waals surface area contributed by atoms with Gasteiger partial charge in [0.05, 0.1) is 6.10 Å². The Labute approximate surface area is 133 Å². The number of aryl methyl sites for hydroxylation is 1. The van der Waals surface area contributed by atoms with Gasteiger partial charge in [-0.15, -0.1) is 0 Å². The second-order valence-electron chi connectivity index (χ2n) is 4.86. The topological polar surface area (TPSA) is 95.9 Å². The average Bonchev–Trinajstić information content (AvgIpc) is 2.44. The summed E-state index contributed by atoms with van der Waals surface area (Å²) >= 11 is 1.25. The molecule has 3 N–H and O–H groups in total. The fourth-order valence-corrected chi connectivity index (χ4v) is 2.66. The van der Waals surface area contributed by atoms with E-state index in [-0.39, 0.29) is 12.4 Å². The number of carbonyl (C=O) groups excluding carboxylic acids is 1. The molecule has 1 aromatic rings. The van der Waals surface area contributed by atoms with Gasteiger partial charge >= 0.3 is 5.97 Å². The third-order valence-electron chi connectivity index (χ3n) is 2.80. The molecule has 0 fully saturated rings. The van der Waals surface area contributed by atoms with Crippen LogP contribution in [0.4, 0.5) is 0 Å². The van der Waals surface area contributed by atoms with Crippen molar-refractivity contribution in [1.29, 1.82) is 0 Å². The summed E-state index contributed by atoms with van der Waals surface area (Å²) in [6.45, 7) is 3.32. The minimum atomic E-state index is -1.09. The number of hydrogen-bond donors (Lipinski definition) is 3. The number of para-hydroxylation sites is 1. The van der Waals surface area contributed by atoms with Crippen molar-refractivity contribution in [2.24, 2.45) is 0 Å². The largest absolute Gasteiger partial charge is 0.491 e. The predicted octanol–water partition coefficient (Wildman–Crippen LogP) is 1.06. The van der Waals surface area contributed by atoms with E-state index < -0.39 is 24.0 Å². The number of carbonyl (C=O) groups is 2. The molecule has 6 nitrogen and oxygen atoms in total. The molecule has 1 aromatic carbocycles. The summed E-state index contributed by atoms with van der Waals surface area (Å²) in [5.74, 6) is -0.246. The van der Waals surface area contributed by atoms with E-state index in [1.807, 2.05) is 31.2 Å². The van der Waals surface area contributed by atoms with Crippen LogP contribution in [0.3, 0.4) is 0 Å². The Hall–Kier alpha value is -1.73. The molecule has 0 saturated carbocycles. The minimum absolute atomic E-state index is 0.135. The van der Waals surface area contributed by atoms with Gasteiger partial charge in [-0.25, -0.2) is 4.79 Å². The van der Waals surface area contributed by atoms with Crippen molar-refractivity contribution in [1.82, 2.24) is 5.32 Å². The number of benzene rings is 1. The highest BCUT2D eigenvalue weighted by Gasteiger charge is 2.19. The van der Waals surface area contributed by atoms with Gasteiger partial charge in [-0.3, -0.25) is 4.79 Å². The Morgan fingerprint density at radius 3 is 2.59 bits per heavy atom. The number of nitrogens with one attached hydrogen (secondary N) is 1. The van der Waals surface area contributed by atoms with Crippen LogP contribution in [0.2, 0.25) is 0 Å². The number of thioether (sulfide) groups is 1. The molecule has 1 amide bonds. The number of amides is 1. The number of aliphatic carboxylic acids is 1. The van der Waals surface area contributed by atoms with E-state index in [1.54, 1.807) is 0 Å². The molecule has 22 heavy (non-hydrogen) atoms. The molecule has 1 unspecified atom stereocenters. The van der Waals surface area contributed by atoms with E-state index >= 15 is 0 Å². The fourth-order valence-electron chi connectivity index (χ4n) is 1.69. The Balaban J connectivity index is 2.30. The molecule has 1 rings (SSSR count). The first-order valence-corrected chi connectivity index (χ1v) is 7.99. The van der Waals surface area contributed by atoms with Crippen LogP contribution < -0.4 is 10.1 Å². The second kappa shape index (κ2) is 9.32. The molecule has 2 atom stereocenters. The lowest BCUT2D eigenvalue weighted by molar-refractivity contribution is -0.140. The SMILES string of the molecule is CC(=O)N[C@@H](CSCC(O)COc1ccccc1C)C(=O)O. The molecule has 0 radical (unpaired) electrons. The zero-order chi connectivity index (χ0) is 16.5. The van der Waals surface area contributed by atoms with Gasteiger partial charge in [0.1, 0.15) is 18.4 Å². The van der Waals surface area contributed by atoms with E-state index in [9.17, 15) is 14.7 Å². The highest BCUT2D eigenvalue weighted by atomic mass is 32.2. The summed E-state index contributed by atoms with van der Waals surface area (Å²) in [6, 6.07) is 6.55. The first-order valence-electron chi connectivity index (χ1n) is 6.84. The van der Waals surface area contributed by atoms with Gasteiger partial charge in [0.2, 0.25) is 5.91 Å². The van der Waals surface area contributed by atoms with Crippen LogP contribution in [-0.4, -0.2) is 52.3 Å². The lowest BCUT2D eigenvalue weighted by atomic mass is 10.2. The summed E-state index contributed by atoms with van der Waals surface area (Å²) in [7, 11) is 0. The van der Waals surface area contributed by atoms with Crippen molar-refractivity contribution in [3.8, 4) is 5.75 Å². The van der Waals surface area contributed by atoms with Crippen molar-refractivity contribution in [2.45, 2.75) is 26.0 Å². The third kappa shape index (κ3) is 6.82. The van der Waals surface area contributed by atoms with Gasteiger partial charge in [-0.2, -0.15) is 11.8 Å². The highest BCUT2D eigenvalue weighted by molar-refractivity contribution is 7.99. The number of ether oxygens (including phenoxy) is 1. The van der Waals surface area contributed by atoms with E-state index in [0.29, 0.717) is 11.5 Å².